The van der Waals surface area contributed by atoms with Crippen LogP contribution in [-0.4, -0.2) is 36.3 Å². The van der Waals surface area contributed by atoms with Crippen LogP contribution in [0.4, 0.5) is 4.39 Å². The molecule has 1 heterocycles. The van der Waals surface area contributed by atoms with Gasteiger partial charge in [-0.25, -0.2) is 4.39 Å². The van der Waals surface area contributed by atoms with Crippen molar-refractivity contribution in [3.8, 4) is 0 Å². The van der Waals surface area contributed by atoms with E-state index < -0.39 is 5.41 Å². The number of carbonyl (C=O) groups is 2. The highest BCUT2D eigenvalue weighted by atomic mass is 19.1. The van der Waals surface area contributed by atoms with E-state index in [1.54, 1.807) is 6.07 Å². The van der Waals surface area contributed by atoms with Crippen molar-refractivity contribution in [2.45, 2.75) is 43.9 Å². The molecule has 134 valence electrons. The van der Waals surface area contributed by atoms with Crippen LogP contribution in [0.25, 0.3) is 0 Å². The van der Waals surface area contributed by atoms with E-state index in [9.17, 15) is 14.0 Å². The molecule has 0 spiro atoms. The molecule has 0 unspecified atom stereocenters. The van der Waals surface area contributed by atoms with Crippen molar-refractivity contribution >= 4 is 11.8 Å². The maximum absolute atomic E-state index is 13.6. The SMILES string of the molecule is O=C(NCC1CC1)[C@@H]1CCCN(C(=O)C2(c3cccc(F)c3)CC2)C1. The number of carbonyl (C=O) groups excluding carboxylic acids is 2. The van der Waals surface area contributed by atoms with Crippen molar-refractivity contribution in [2.75, 3.05) is 19.6 Å². The van der Waals surface area contributed by atoms with Crippen molar-refractivity contribution < 1.29 is 14.0 Å². The number of amides is 2. The lowest BCUT2D eigenvalue weighted by atomic mass is 9.91. The molecular formula is C20H25FN2O2. The highest BCUT2D eigenvalue weighted by Crippen LogP contribution is 2.50. The van der Waals surface area contributed by atoms with Gasteiger partial charge in [-0.3, -0.25) is 9.59 Å². The Balaban J connectivity index is 1.42. The predicted molar refractivity (Wildman–Crippen MR) is 92.3 cm³/mol. The summed E-state index contributed by atoms with van der Waals surface area (Å²) in [6.07, 6.45) is 5.66. The Kier molecular flexibility index (Phi) is 4.26. The summed E-state index contributed by atoms with van der Waals surface area (Å²) in [5, 5.41) is 3.04. The molecule has 1 atom stereocenters. The lowest BCUT2D eigenvalue weighted by Gasteiger charge is -2.34. The van der Waals surface area contributed by atoms with E-state index in [2.05, 4.69) is 5.32 Å². The van der Waals surface area contributed by atoms with E-state index >= 15 is 0 Å². The average molecular weight is 344 g/mol. The number of nitrogens with one attached hydrogen (secondary N) is 1. The fourth-order valence-corrected chi connectivity index (χ4v) is 3.93. The van der Waals surface area contributed by atoms with Crippen LogP contribution in [0.1, 0.15) is 44.1 Å². The van der Waals surface area contributed by atoms with Gasteiger partial charge < -0.3 is 10.2 Å². The molecule has 25 heavy (non-hydrogen) atoms. The summed E-state index contributed by atoms with van der Waals surface area (Å²) in [7, 11) is 0. The van der Waals surface area contributed by atoms with Crippen LogP contribution in [0.15, 0.2) is 24.3 Å². The first-order valence-corrected chi connectivity index (χ1v) is 9.42. The highest BCUT2D eigenvalue weighted by molar-refractivity contribution is 5.92. The van der Waals surface area contributed by atoms with Gasteiger partial charge >= 0.3 is 0 Å². The summed E-state index contributed by atoms with van der Waals surface area (Å²) < 4.78 is 13.6. The molecule has 2 saturated carbocycles. The van der Waals surface area contributed by atoms with Gasteiger partial charge in [0.2, 0.25) is 11.8 Å². The first kappa shape index (κ1) is 16.6. The number of halogens is 1. The molecule has 1 saturated heterocycles. The van der Waals surface area contributed by atoms with Gasteiger partial charge in [-0.1, -0.05) is 12.1 Å². The second-order valence-electron chi connectivity index (χ2n) is 7.87. The Morgan fingerprint density at radius 3 is 2.72 bits per heavy atom. The molecule has 1 aromatic rings. The zero-order valence-corrected chi connectivity index (χ0v) is 14.5. The zero-order valence-electron chi connectivity index (χ0n) is 14.5. The van der Waals surface area contributed by atoms with Crippen molar-refractivity contribution in [3.63, 3.8) is 0 Å². The first-order chi connectivity index (χ1) is 12.1. The fraction of sp³-hybridized carbons (Fsp3) is 0.600. The summed E-state index contributed by atoms with van der Waals surface area (Å²) in [4.78, 5) is 27.3. The Labute approximate surface area is 147 Å². The molecule has 0 bridgehead atoms. The number of piperidine rings is 1. The molecule has 1 aromatic carbocycles. The molecule has 2 aliphatic carbocycles. The molecule has 1 aliphatic heterocycles. The third-order valence-corrected chi connectivity index (χ3v) is 5.88. The molecule has 3 fully saturated rings. The van der Waals surface area contributed by atoms with Crippen LogP contribution in [0.2, 0.25) is 0 Å². The third kappa shape index (κ3) is 3.42. The summed E-state index contributed by atoms with van der Waals surface area (Å²) in [6.45, 7) is 1.96. The molecule has 3 aliphatic rings. The van der Waals surface area contributed by atoms with E-state index in [0.717, 1.165) is 37.8 Å². The van der Waals surface area contributed by atoms with Crippen molar-refractivity contribution in [3.05, 3.63) is 35.6 Å². The third-order valence-electron chi connectivity index (χ3n) is 5.88. The summed E-state index contributed by atoms with van der Waals surface area (Å²) >= 11 is 0. The van der Waals surface area contributed by atoms with Gasteiger partial charge in [0.1, 0.15) is 5.82 Å². The predicted octanol–water partition coefficient (Wildman–Crippen LogP) is 2.62. The smallest absolute Gasteiger partial charge is 0.233 e. The minimum absolute atomic E-state index is 0.0674. The standard InChI is InChI=1S/C20H25FN2O2/c21-17-5-1-4-16(11-17)20(8-9-20)19(25)23-10-2-3-15(13-23)18(24)22-12-14-6-7-14/h1,4-5,11,14-15H,2-3,6-10,12-13H2,(H,22,24)/t15-/m1/s1. The van der Waals surface area contributed by atoms with Crippen LogP contribution < -0.4 is 5.32 Å². The van der Waals surface area contributed by atoms with Crippen LogP contribution in [0, 0.1) is 17.7 Å². The summed E-state index contributed by atoms with van der Waals surface area (Å²) in [6, 6.07) is 6.40. The fourth-order valence-electron chi connectivity index (χ4n) is 3.93. The molecule has 0 aromatic heterocycles. The quantitative estimate of drug-likeness (QED) is 0.893. The van der Waals surface area contributed by atoms with Gasteiger partial charge in [-0.15, -0.1) is 0 Å². The van der Waals surface area contributed by atoms with Crippen LogP contribution in [0.5, 0.6) is 0 Å². The van der Waals surface area contributed by atoms with Crippen molar-refractivity contribution in [1.82, 2.24) is 10.2 Å². The Bertz CT molecular complexity index is 682. The lowest BCUT2D eigenvalue weighted by Crippen LogP contribution is -2.48. The minimum Gasteiger partial charge on any atom is -0.356 e. The van der Waals surface area contributed by atoms with Gasteiger partial charge in [-0.2, -0.15) is 0 Å². The van der Waals surface area contributed by atoms with E-state index in [4.69, 9.17) is 0 Å². The maximum Gasteiger partial charge on any atom is 0.233 e. The zero-order chi connectivity index (χ0) is 17.4. The van der Waals surface area contributed by atoms with Crippen molar-refractivity contribution in [1.29, 1.82) is 0 Å². The molecule has 5 heteroatoms. The Morgan fingerprint density at radius 2 is 2.04 bits per heavy atom. The Morgan fingerprint density at radius 1 is 1.24 bits per heavy atom. The number of hydrogen-bond donors (Lipinski definition) is 1. The highest BCUT2D eigenvalue weighted by Gasteiger charge is 2.53. The minimum atomic E-state index is -0.561. The van der Waals surface area contributed by atoms with Gasteiger partial charge in [0, 0.05) is 19.6 Å². The first-order valence-electron chi connectivity index (χ1n) is 9.42. The van der Waals surface area contributed by atoms with E-state index in [-0.39, 0.29) is 23.5 Å². The maximum atomic E-state index is 13.6. The van der Waals surface area contributed by atoms with E-state index in [1.807, 2.05) is 11.0 Å². The average Bonchev–Trinajstić information content (AvgIpc) is 3.54. The van der Waals surface area contributed by atoms with E-state index in [0.29, 0.717) is 19.0 Å². The number of nitrogens with zero attached hydrogens (tertiary/aromatic N) is 1. The van der Waals surface area contributed by atoms with Gasteiger partial charge in [-0.05, 0) is 62.1 Å². The topological polar surface area (TPSA) is 49.4 Å². The molecule has 4 nitrogen and oxygen atoms in total. The molecular weight excluding hydrogens is 319 g/mol. The van der Waals surface area contributed by atoms with Crippen LogP contribution in [0.3, 0.4) is 0 Å². The second kappa shape index (κ2) is 6.43. The van der Waals surface area contributed by atoms with E-state index in [1.165, 1.54) is 25.0 Å². The normalized spacial score (nSPS) is 24.7. The second-order valence-corrected chi connectivity index (χ2v) is 7.87. The molecule has 2 amide bonds. The lowest BCUT2D eigenvalue weighted by molar-refractivity contribution is -0.138. The number of likely N-dealkylation sites (tertiary alicyclic amines) is 1. The number of rotatable bonds is 5. The largest absolute Gasteiger partial charge is 0.356 e. The summed E-state index contributed by atoms with van der Waals surface area (Å²) in [5.41, 5.74) is 0.215. The van der Waals surface area contributed by atoms with Crippen LogP contribution >= 0.6 is 0 Å². The molecule has 4 rings (SSSR count). The molecule has 1 N–H and O–H groups in total. The number of hydrogen-bond acceptors (Lipinski definition) is 2. The van der Waals surface area contributed by atoms with Gasteiger partial charge in [0.25, 0.3) is 0 Å². The molecule has 0 radical (unpaired) electrons. The summed E-state index contributed by atoms with van der Waals surface area (Å²) in [5.74, 6) is 0.401. The Hall–Kier alpha value is -1.91. The van der Waals surface area contributed by atoms with Crippen LogP contribution in [-0.2, 0) is 15.0 Å². The monoisotopic (exact) mass is 344 g/mol. The van der Waals surface area contributed by atoms with Gasteiger partial charge in [0.05, 0.1) is 11.3 Å². The van der Waals surface area contributed by atoms with Crippen molar-refractivity contribution in [2.24, 2.45) is 11.8 Å². The number of benzene rings is 1. The van der Waals surface area contributed by atoms with Gasteiger partial charge in [0.15, 0.2) is 0 Å².